The largest absolute Gasteiger partial charge is 0.313 e. The van der Waals surface area contributed by atoms with Crippen LogP contribution in [0.4, 0.5) is 0 Å². The fourth-order valence-corrected chi connectivity index (χ4v) is 2.22. The van der Waals surface area contributed by atoms with E-state index in [1.165, 1.54) is 0 Å². The zero-order chi connectivity index (χ0) is 17.8. The van der Waals surface area contributed by atoms with Gasteiger partial charge in [0.25, 0.3) is 0 Å². The quantitative estimate of drug-likeness (QED) is 0.665. The molecule has 0 aromatic rings. The van der Waals surface area contributed by atoms with Crippen molar-refractivity contribution >= 4 is 5.71 Å². The van der Waals surface area contributed by atoms with E-state index >= 15 is 0 Å². The predicted octanol–water partition coefficient (Wildman–Crippen LogP) is 5.24. The van der Waals surface area contributed by atoms with Crippen molar-refractivity contribution < 1.29 is 0 Å². The smallest absolute Gasteiger partial charge is 0.0728 e. The lowest BCUT2D eigenvalue weighted by molar-refractivity contribution is 0.751. The van der Waals surface area contributed by atoms with Gasteiger partial charge in [0.05, 0.1) is 5.71 Å². The Kier molecular flexibility index (Phi) is 9.10. The van der Waals surface area contributed by atoms with Crippen LogP contribution in [0.2, 0.25) is 0 Å². The molecule has 0 amide bonds. The first-order chi connectivity index (χ1) is 11.6. The molecule has 0 saturated carbocycles. The highest BCUT2D eigenvalue weighted by Crippen LogP contribution is 2.16. The van der Waals surface area contributed by atoms with Crippen LogP contribution in [0.25, 0.3) is 0 Å². The topological polar surface area (TPSA) is 24.4 Å². The fraction of sp³-hybridized carbons (Fsp3) is 0.227. The van der Waals surface area contributed by atoms with Crippen molar-refractivity contribution in [2.45, 2.75) is 20.3 Å². The molecule has 1 N–H and O–H groups in total. The van der Waals surface area contributed by atoms with Crippen LogP contribution < -0.4 is 5.32 Å². The maximum atomic E-state index is 4.63. The van der Waals surface area contributed by atoms with Gasteiger partial charge in [-0.15, -0.1) is 0 Å². The number of aliphatic imine (C=N–C) groups is 1. The molecule has 0 atom stereocenters. The van der Waals surface area contributed by atoms with Gasteiger partial charge in [0.15, 0.2) is 0 Å². The van der Waals surface area contributed by atoms with Gasteiger partial charge in [-0.2, -0.15) is 0 Å². The molecule has 2 heteroatoms. The monoisotopic (exact) mass is 320 g/mol. The van der Waals surface area contributed by atoms with Gasteiger partial charge in [-0.25, -0.2) is 0 Å². The van der Waals surface area contributed by atoms with Crippen molar-refractivity contribution in [2.75, 3.05) is 13.1 Å². The Bertz CT molecular complexity index is 649. The van der Waals surface area contributed by atoms with E-state index < -0.39 is 0 Å². The van der Waals surface area contributed by atoms with Crippen molar-refractivity contribution in [3.63, 3.8) is 0 Å². The van der Waals surface area contributed by atoms with Crippen LogP contribution in [0.1, 0.15) is 20.3 Å². The number of hydrogen-bond donors (Lipinski definition) is 1. The van der Waals surface area contributed by atoms with Gasteiger partial charge in [-0.05, 0) is 49.6 Å². The first kappa shape index (κ1) is 19.6. The summed E-state index contributed by atoms with van der Waals surface area (Å²) in [4.78, 5) is 4.63. The van der Waals surface area contributed by atoms with Crippen LogP contribution >= 0.6 is 0 Å². The fourth-order valence-electron chi connectivity index (χ4n) is 2.22. The second kappa shape index (κ2) is 11.1. The van der Waals surface area contributed by atoms with Crippen LogP contribution in [-0.2, 0) is 0 Å². The summed E-state index contributed by atoms with van der Waals surface area (Å²) in [5, 5.41) is 3.33. The molecule has 1 aliphatic heterocycles. The van der Waals surface area contributed by atoms with E-state index in [9.17, 15) is 0 Å². The van der Waals surface area contributed by atoms with Gasteiger partial charge in [0, 0.05) is 18.3 Å². The Labute approximate surface area is 146 Å². The molecule has 126 valence electrons. The van der Waals surface area contributed by atoms with E-state index in [-0.39, 0.29) is 0 Å². The van der Waals surface area contributed by atoms with Crippen LogP contribution in [0.5, 0.6) is 0 Å². The second-order valence-electron chi connectivity index (χ2n) is 5.50. The number of nitrogens with zero attached hydrogens (tertiary/aromatic N) is 1. The van der Waals surface area contributed by atoms with Gasteiger partial charge in [0.2, 0.25) is 0 Å². The highest BCUT2D eigenvalue weighted by atomic mass is 14.8. The van der Waals surface area contributed by atoms with E-state index in [0.29, 0.717) is 0 Å². The molecule has 24 heavy (non-hydrogen) atoms. The van der Waals surface area contributed by atoms with Crippen LogP contribution in [0.15, 0.2) is 102 Å². The van der Waals surface area contributed by atoms with Gasteiger partial charge in [-0.3, -0.25) is 4.99 Å². The summed E-state index contributed by atoms with van der Waals surface area (Å²) in [6, 6.07) is 0. The van der Waals surface area contributed by atoms with Gasteiger partial charge in [0.1, 0.15) is 0 Å². The Hall–Kier alpha value is -2.45. The number of hydrogen-bond acceptors (Lipinski definition) is 2. The summed E-state index contributed by atoms with van der Waals surface area (Å²) >= 11 is 0. The van der Waals surface area contributed by atoms with Crippen LogP contribution in [-0.4, -0.2) is 18.8 Å². The highest BCUT2D eigenvalue weighted by molar-refractivity contribution is 6.14. The minimum atomic E-state index is 0.822. The third-order valence-corrected chi connectivity index (χ3v) is 3.36. The van der Waals surface area contributed by atoms with E-state index in [2.05, 4.69) is 30.0 Å². The maximum Gasteiger partial charge on any atom is 0.0728 e. The van der Waals surface area contributed by atoms with Gasteiger partial charge < -0.3 is 5.32 Å². The molecule has 0 fully saturated rings. The first-order valence-corrected chi connectivity index (χ1v) is 8.23. The molecule has 0 radical (unpaired) electrons. The normalized spacial score (nSPS) is 20.7. The van der Waals surface area contributed by atoms with E-state index in [1.54, 1.807) is 0 Å². The van der Waals surface area contributed by atoms with Crippen LogP contribution in [0.3, 0.4) is 0 Å². The Morgan fingerprint density at radius 2 is 1.79 bits per heavy atom. The molecule has 2 nitrogen and oxygen atoms in total. The molecule has 0 bridgehead atoms. The molecular weight excluding hydrogens is 292 g/mol. The minimum Gasteiger partial charge on any atom is -0.313 e. The van der Waals surface area contributed by atoms with Gasteiger partial charge >= 0.3 is 0 Å². The molecule has 0 unspecified atom stereocenters. The maximum absolute atomic E-state index is 4.63. The summed E-state index contributed by atoms with van der Waals surface area (Å²) in [5.74, 6) is 0. The number of rotatable bonds is 6. The second-order valence-corrected chi connectivity index (χ2v) is 5.50. The standard InChI is InChI=1S/C22H28N2/c1-6-9-18(3)11-12-21(17-19(4)10-7-2)22-20(5)13-16-23-14-8-15-24-22/h6-12,15,17,23H,3-5,13-14,16H2,1-2H3/b9-6-,10-7-,12-11-,15-8-,21-17+,24-22+. The SMILES string of the molecule is C=C(/C=C\C)\C=C/C(=C\C(=C)/C=C\C)C1=N/C=C\CNCCC\1=C. The summed E-state index contributed by atoms with van der Waals surface area (Å²) in [7, 11) is 0. The highest BCUT2D eigenvalue weighted by Gasteiger charge is 2.09. The summed E-state index contributed by atoms with van der Waals surface area (Å²) < 4.78 is 0. The molecule has 0 aromatic carbocycles. The minimum absolute atomic E-state index is 0.822. The third-order valence-electron chi connectivity index (χ3n) is 3.36. The lowest BCUT2D eigenvalue weighted by Crippen LogP contribution is -2.16. The lowest BCUT2D eigenvalue weighted by Gasteiger charge is -2.11. The van der Waals surface area contributed by atoms with Crippen LogP contribution in [0, 0.1) is 0 Å². The van der Waals surface area contributed by atoms with E-state index in [1.807, 2.05) is 68.7 Å². The molecule has 0 spiro atoms. The molecule has 1 heterocycles. The zero-order valence-corrected chi connectivity index (χ0v) is 14.9. The molecule has 0 aromatic heterocycles. The average Bonchev–Trinajstić information content (AvgIpc) is 2.64. The Morgan fingerprint density at radius 3 is 2.50 bits per heavy atom. The Balaban J connectivity index is 3.25. The Morgan fingerprint density at radius 1 is 1.08 bits per heavy atom. The first-order valence-electron chi connectivity index (χ1n) is 8.23. The summed E-state index contributed by atoms with van der Waals surface area (Å²) in [5.41, 5.74) is 4.75. The molecule has 0 saturated heterocycles. The molecule has 0 aliphatic carbocycles. The summed E-state index contributed by atoms with van der Waals surface area (Å²) in [6.45, 7) is 18.0. The molecule has 1 rings (SSSR count). The zero-order valence-electron chi connectivity index (χ0n) is 14.9. The van der Waals surface area contributed by atoms with Gasteiger partial charge in [-0.1, -0.05) is 62.3 Å². The predicted molar refractivity (Wildman–Crippen MR) is 108 cm³/mol. The van der Waals surface area contributed by atoms with Crippen molar-refractivity contribution in [3.8, 4) is 0 Å². The molecule has 1 aliphatic rings. The third kappa shape index (κ3) is 7.21. The van der Waals surface area contributed by atoms with E-state index in [4.69, 9.17) is 0 Å². The van der Waals surface area contributed by atoms with Crippen molar-refractivity contribution in [2.24, 2.45) is 4.99 Å². The summed E-state index contributed by atoms with van der Waals surface area (Å²) in [6.07, 6.45) is 18.6. The lowest BCUT2D eigenvalue weighted by atomic mass is 9.98. The van der Waals surface area contributed by atoms with E-state index in [0.717, 1.165) is 47.5 Å². The average molecular weight is 320 g/mol. The van der Waals surface area contributed by atoms with Crippen molar-refractivity contribution in [1.82, 2.24) is 5.32 Å². The van der Waals surface area contributed by atoms with Crippen molar-refractivity contribution in [3.05, 3.63) is 96.8 Å². The van der Waals surface area contributed by atoms with Crippen molar-refractivity contribution in [1.29, 1.82) is 0 Å². The molecular formula is C22H28N2. The number of nitrogens with one attached hydrogen (secondary N) is 1. The number of allylic oxidation sites excluding steroid dienone is 10.